The van der Waals surface area contributed by atoms with E-state index in [1.54, 1.807) is 43.2 Å². The number of aromatic nitrogens is 3. The first-order valence-corrected chi connectivity index (χ1v) is 7.95. The van der Waals surface area contributed by atoms with Crippen LogP contribution >= 0.6 is 0 Å². The number of hydrogen-bond acceptors (Lipinski definition) is 5. The zero-order valence-corrected chi connectivity index (χ0v) is 13.7. The van der Waals surface area contributed by atoms with Crippen LogP contribution in [-0.4, -0.2) is 25.8 Å². The normalized spacial score (nSPS) is 12.0. The maximum absolute atomic E-state index is 12.2. The molecule has 0 aliphatic heterocycles. The quantitative estimate of drug-likeness (QED) is 0.716. The minimum atomic E-state index is -0.581. The van der Waals surface area contributed by atoms with Gasteiger partial charge in [0, 0.05) is 50.3 Å². The van der Waals surface area contributed by atoms with Gasteiger partial charge < -0.3 is 5.73 Å². The molecule has 25 heavy (non-hydrogen) atoms. The molecule has 0 saturated carbocycles. The second kappa shape index (κ2) is 8.12. The van der Waals surface area contributed by atoms with Crippen LogP contribution < -0.4 is 5.73 Å². The number of carbonyl (C=O) groups excluding carboxylic acids is 1. The van der Waals surface area contributed by atoms with Crippen molar-refractivity contribution in [3.05, 3.63) is 90.3 Å². The van der Waals surface area contributed by atoms with Gasteiger partial charge in [-0.05, 0) is 41.0 Å². The van der Waals surface area contributed by atoms with E-state index in [2.05, 4.69) is 15.0 Å². The second-order valence-electron chi connectivity index (χ2n) is 5.71. The van der Waals surface area contributed by atoms with Crippen LogP contribution in [0.3, 0.4) is 0 Å². The minimum absolute atomic E-state index is 0.411. The molecule has 6 nitrogen and oxygen atoms in total. The van der Waals surface area contributed by atoms with Crippen LogP contribution in [0.2, 0.25) is 0 Å². The van der Waals surface area contributed by atoms with E-state index >= 15 is 0 Å². The van der Waals surface area contributed by atoms with Crippen molar-refractivity contribution in [3.63, 3.8) is 0 Å². The number of rotatable bonds is 7. The van der Waals surface area contributed by atoms with Gasteiger partial charge in [-0.15, -0.1) is 0 Å². The first kappa shape index (κ1) is 16.7. The van der Waals surface area contributed by atoms with Crippen molar-refractivity contribution in [2.45, 2.75) is 19.1 Å². The van der Waals surface area contributed by atoms with Gasteiger partial charge in [0.2, 0.25) is 5.91 Å². The number of carbonyl (C=O) groups is 1. The summed E-state index contributed by atoms with van der Waals surface area (Å²) in [4.78, 5) is 26.6. The highest BCUT2D eigenvalue weighted by Gasteiger charge is 2.26. The van der Waals surface area contributed by atoms with Gasteiger partial charge in [-0.25, -0.2) is 0 Å². The Bertz CT molecular complexity index is 754. The predicted octanol–water partition coefficient (Wildman–Crippen LogP) is 2.10. The number of pyridine rings is 3. The maximum Gasteiger partial charge on any atom is 0.239 e. The smallest absolute Gasteiger partial charge is 0.239 e. The fourth-order valence-electron chi connectivity index (χ4n) is 2.78. The molecule has 0 aromatic carbocycles. The van der Waals surface area contributed by atoms with E-state index in [0.717, 1.165) is 16.7 Å². The number of nitrogens with two attached hydrogens (primary N) is 1. The fourth-order valence-corrected chi connectivity index (χ4v) is 2.78. The number of hydrogen-bond donors (Lipinski definition) is 1. The number of primary amides is 1. The molecule has 126 valence electrons. The molecular formula is C19H19N5O. The summed E-state index contributed by atoms with van der Waals surface area (Å²) in [5, 5.41) is 0. The molecule has 0 saturated heterocycles. The van der Waals surface area contributed by atoms with Gasteiger partial charge in [0.15, 0.2) is 0 Å². The van der Waals surface area contributed by atoms with Crippen LogP contribution in [0.15, 0.2) is 73.6 Å². The molecule has 3 heterocycles. The Kier molecular flexibility index (Phi) is 5.43. The lowest BCUT2D eigenvalue weighted by Crippen LogP contribution is -2.37. The molecule has 1 atom stereocenters. The van der Waals surface area contributed by atoms with Crippen molar-refractivity contribution in [2.24, 2.45) is 5.73 Å². The van der Waals surface area contributed by atoms with Crippen molar-refractivity contribution in [1.82, 2.24) is 19.9 Å². The van der Waals surface area contributed by atoms with Gasteiger partial charge in [-0.2, -0.15) is 0 Å². The first-order valence-electron chi connectivity index (χ1n) is 7.95. The van der Waals surface area contributed by atoms with Crippen molar-refractivity contribution >= 4 is 5.91 Å². The summed E-state index contributed by atoms with van der Waals surface area (Å²) in [5.74, 6) is -0.411. The maximum atomic E-state index is 12.2. The summed E-state index contributed by atoms with van der Waals surface area (Å²) in [5.41, 5.74) is 8.57. The van der Waals surface area contributed by atoms with Gasteiger partial charge in [-0.1, -0.05) is 12.1 Å². The van der Waals surface area contributed by atoms with Crippen LogP contribution in [-0.2, 0) is 17.9 Å². The largest absolute Gasteiger partial charge is 0.368 e. The van der Waals surface area contributed by atoms with Crippen molar-refractivity contribution in [3.8, 4) is 0 Å². The standard InChI is InChI=1S/C19H19N5O/c20-19(25)18(17-4-2-8-23-12-17)24(13-15-5-9-21-10-6-15)14-16-3-1-7-22-11-16/h1-12,18H,13-14H2,(H2,20,25). The van der Waals surface area contributed by atoms with E-state index < -0.39 is 11.9 Å². The summed E-state index contributed by atoms with van der Waals surface area (Å²) in [7, 11) is 0. The third kappa shape index (κ3) is 4.45. The Hall–Kier alpha value is -3.12. The zero-order valence-electron chi connectivity index (χ0n) is 13.7. The molecule has 0 aliphatic carbocycles. The molecule has 1 unspecified atom stereocenters. The van der Waals surface area contributed by atoms with Crippen molar-refractivity contribution in [1.29, 1.82) is 0 Å². The highest BCUT2D eigenvalue weighted by molar-refractivity contribution is 5.81. The molecule has 0 fully saturated rings. The predicted molar refractivity (Wildman–Crippen MR) is 93.9 cm³/mol. The van der Waals surface area contributed by atoms with Crippen LogP contribution in [0.4, 0.5) is 0 Å². The molecule has 6 heteroatoms. The van der Waals surface area contributed by atoms with E-state index in [-0.39, 0.29) is 0 Å². The third-order valence-electron chi connectivity index (χ3n) is 3.88. The first-order chi connectivity index (χ1) is 12.2. The van der Waals surface area contributed by atoms with E-state index in [0.29, 0.717) is 13.1 Å². The van der Waals surface area contributed by atoms with Crippen LogP contribution in [0.1, 0.15) is 22.7 Å². The van der Waals surface area contributed by atoms with Crippen LogP contribution in [0, 0.1) is 0 Å². The molecule has 3 rings (SSSR count). The molecule has 0 spiro atoms. The topological polar surface area (TPSA) is 85.0 Å². The summed E-state index contributed by atoms with van der Waals surface area (Å²) in [6, 6.07) is 10.8. The summed E-state index contributed by atoms with van der Waals surface area (Å²) in [6.07, 6.45) is 10.3. The van der Waals surface area contributed by atoms with Crippen molar-refractivity contribution in [2.75, 3.05) is 0 Å². The minimum Gasteiger partial charge on any atom is -0.368 e. The second-order valence-corrected chi connectivity index (χ2v) is 5.71. The molecule has 0 radical (unpaired) electrons. The molecule has 3 aromatic rings. The average Bonchev–Trinajstić information content (AvgIpc) is 2.64. The summed E-state index contributed by atoms with van der Waals surface area (Å²) in [6.45, 7) is 1.10. The molecule has 2 N–H and O–H groups in total. The number of nitrogens with zero attached hydrogens (tertiary/aromatic N) is 4. The van der Waals surface area contributed by atoms with Gasteiger partial charge in [0.05, 0.1) is 0 Å². The van der Waals surface area contributed by atoms with Gasteiger partial charge >= 0.3 is 0 Å². The van der Waals surface area contributed by atoms with Crippen LogP contribution in [0.5, 0.6) is 0 Å². The molecular weight excluding hydrogens is 314 g/mol. The SMILES string of the molecule is NC(=O)C(c1cccnc1)N(Cc1ccncc1)Cc1cccnc1. The van der Waals surface area contributed by atoms with E-state index in [4.69, 9.17) is 5.73 Å². The Labute approximate surface area is 146 Å². The number of amides is 1. The lowest BCUT2D eigenvalue weighted by Gasteiger charge is -2.29. The van der Waals surface area contributed by atoms with Gasteiger partial charge in [-0.3, -0.25) is 24.6 Å². The van der Waals surface area contributed by atoms with E-state index in [1.165, 1.54) is 0 Å². The molecule has 0 aliphatic rings. The Morgan fingerprint density at radius 2 is 1.56 bits per heavy atom. The summed E-state index contributed by atoms with van der Waals surface area (Å²) < 4.78 is 0. The van der Waals surface area contributed by atoms with Crippen molar-refractivity contribution < 1.29 is 4.79 Å². The van der Waals surface area contributed by atoms with Crippen LogP contribution in [0.25, 0.3) is 0 Å². The Morgan fingerprint density at radius 3 is 2.16 bits per heavy atom. The molecule has 0 bridgehead atoms. The monoisotopic (exact) mass is 333 g/mol. The van der Waals surface area contributed by atoms with Gasteiger partial charge in [0.1, 0.15) is 6.04 Å². The van der Waals surface area contributed by atoms with E-state index in [1.807, 2.05) is 35.2 Å². The Balaban J connectivity index is 1.94. The Morgan fingerprint density at radius 1 is 0.880 bits per heavy atom. The molecule has 1 amide bonds. The molecule has 3 aromatic heterocycles. The third-order valence-corrected chi connectivity index (χ3v) is 3.88. The highest BCUT2D eigenvalue weighted by atomic mass is 16.1. The lowest BCUT2D eigenvalue weighted by molar-refractivity contribution is -0.124. The zero-order chi connectivity index (χ0) is 17.5. The fraction of sp³-hybridized carbons (Fsp3) is 0.158. The van der Waals surface area contributed by atoms with Gasteiger partial charge in [0.25, 0.3) is 0 Å². The summed E-state index contributed by atoms with van der Waals surface area (Å²) >= 11 is 0. The highest BCUT2D eigenvalue weighted by Crippen LogP contribution is 2.24. The lowest BCUT2D eigenvalue weighted by atomic mass is 10.0. The average molecular weight is 333 g/mol. The van der Waals surface area contributed by atoms with E-state index in [9.17, 15) is 4.79 Å².